The van der Waals surface area contributed by atoms with Crippen LogP contribution in [0.4, 0.5) is 5.82 Å². The topological polar surface area (TPSA) is 52.3 Å². The van der Waals surface area contributed by atoms with Gasteiger partial charge in [-0.25, -0.2) is 9.98 Å². The maximum atomic E-state index is 8.75. The minimum absolute atomic E-state index is 0.526. The maximum absolute atomic E-state index is 8.75. The fourth-order valence-corrected chi connectivity index (χ4v) is 1.06. The summed E-state index contributed by atoms with van der Waals surface area (Å²) in [7, 11) is 3.74. The van der Waals surface area contributed by atoms with E-state index in [4.69, 9.17) is 5.26 Å². The molecule has 0 amide bonds. The predicted molar refractivity (Wildman–Crippen MR) is 58.5 cm³/mol. The van der Waals surface area contributed by atoms with Crippen molar-refractivity contribution in [2.24, 2.45) is 4.99 Å². The summed E-state index contributed by atoms with van der Waals surface area (Å²) in [4.78, 5) is 9.91. The van der Waals surface area contributed by atoms with E-state index in [1.165, 1.54) is 0 Å². The third kappa shape index (κ3) is 2.82. The van der Waals surface area contributed by atoms with Crippen LogP contribution in [0.1, 0.15) is 5.56 Å². The van der Waals surface area contributed by atoms with Gasteiger partial charge in [-0.1, -0.05) is 0 Å². The molecule has 0 bridgehead atoms. The average molecular weight is 253 g/mol. The summed E-state index contributed by atoms with van der Waals surface area (Å²) >= 11 is 3.22. The number of aliphatic imine (C=N–C) groups is 1. The smallest absolute Gasteiger partial charge is 0.154 e. The van der Waals surface area contributed by atoms with Gasteiger partial charge in [0.15, 0.2) is 5.82 Å². The molecule has 0 aliphatic carbocycles. The van der Waals surface area contributed by atoms with Gasteiger partial charge in [0.05, 0.1) is 16.4 Å². The molecule has 0 atom stereocenters. The number of nitriles is 1. The second kappa shape index (κ2) is 4.72. The van der Waals surface area contributed by atoms with E-state index in [1.807, 2.05) is 20.2 Å². The average Bonchev–Trinajstić information content (AvgIpc) is 2.16. The summed E-state index contributed by atoms with van der Waals surface area (Å²) in [5.74, 6) is 0.526. The molecule has 0 aromatic carbocycles. The van der Waals surface area contributed by atoms with Crippen LogP contribution in [-0.4, -0.2) is 30.3 Å². The normalized spacial score (nSPS) is 10.1. The van der Waals surface area contributed by atoms with E-state index < -0.39 is 0 Å². The molecule has 0 unspecified atom stereocenters. The Balaban J connectivity index is 2.97. The summed E-state index contributed by atoms with van der Waals surface area (Å²) in [5, 5.41) is 8.75. The molecular formula is C9H9BrN4. The zero-order valence-electron chi connectivity index (χ0n) is 7.90. The van der Waals surface area contributed by atoms with Crippen molar-refractivity contribution in [2.45, 2.75) is 0 Å². The van der Waals surface area contributed by atoms with Gasteiger partial charge in [0.2, 0.25) is 0 Å². The van der Waals surface area contributed by atoms with Crippen molar-refractivity contribution < 1.29 is 0 Å². The third-order valence-electron chi connectivity index (χ3n) is 1.38. The summed E-state index contributed by atoms with van der Waals surface area (Å²) in [6.07, 6.45) is 3.21. The van der Waals surface area contributed by atoms with Crippen molar-refractivity contribution in [1.29, 1.82) is 5.26 Å². The molecular weight excluding hydrogens is 244 g/mol. The van der Waals surface area contributed by atoms with Crippen LogP contribution in [0.2, 0.25) is 0 Å². The Bertz CT molecular complexity index is 392. The highest BCUT2D eigenvalue weighted by molar-refractivity contribution is 9.10. The number of rotatable bonds is 2. The number of nitrogens with zero attached hydrogens (tertiary/aromatic N) is 4. The first-order chi connectivity index (χ1) is 6.63. The fourth-order valence-electron chi connectivity index (χ4n) is 0.759. The lowest BCUT2D eigenvalue weighted by atomic mass is 10.3. The Morgan fingerprint density at radius 1 is 1.64 bits per heavy atom. The molecule has 4 nitrogen and oxygen atoms in total. The third-order valence-corrected chi connectivity index (χ3v) is 2.01. The van der Waals surface area contributed by atoms with Crippen LogP contribution in [0.5, 0.6) is 0 Å². The molecule has 0 aliphatic heterocycles. The summed E-state index contributed by atoms with van der Waals surface area (Å²) < 4.78 is 0.684. The molecule has 1 aromatic heterocycles. The Hall–Kier alpha value is -1.41. The molecule has 5 heteroatoms. The van der Waals surface area contributed by atoms with Gasteiger partial charge < -0.3 is 4.90 Å². The van der Waals surface area contributed by atoms with E-state index in [0.29, 0.717) is 15.9 Å². The number of halogens is 1. The van der Waals surface area contributed by atoms with Gasteiger partial charge in [-0.2, -0.15) is 5.26 Å². The van der Waals surface area contributed by atoms with Crippen LogP contribution in [0, 0.1) is 11.3 Å². The number of hydrogen-bond acceptors (Lipinski definition) is 3. The first-order valence-corrected chi connectivity index (χ1v) is 4.69. The van der Waals surface area contributed by atoms with E-state index in [2.05, 4.69) is 25.9 Å². The SMILES string of the molecule is CN(C)C=Nc1cc(C#N)c(Br)cn1. The zero-order chi connectivity index (χ0) is 10.6. The molecule has 0 N–H and O–H groups in total. The Kier molecular flexibility index (Phi) is 3.60. The van der Waals surface area contributed by atoms with Crippen molar-refractivity contribution in [1.82, 2.24) is 9.88 Å². The van der Waals surface area contributed by atoms with Gasteiger partial charge in [0, 0.05) is 26.4 Å². The van der Waals surface area contributed by atoms with Gasteiger partial charge in [0.25, 0.3) is 0 Å². The first-order valence-electron chi connectivity index (χ1n) is 3.89. The Labute approximate surface area is 91.0 Å². The number of pyridine rings is 1. The van der Waals surface area contributed by atoms with Crippen molar-refractivity contribution in [3.05, 3.63) is 22.3 Å². The molecule has 1 aromatic rings. The standard InChI is InChI=1S/C9H9BrN4/c1-14(2)6-13-9-3-7(4-11)8(10)5-12-9/h3,5-6H,1-2H3. The van der Waals surface area contributed by atoms with E-state index in [1.54, 1.807) is 23.5 Å². The molecule has 0 radical (unpaired) electrons. The van der Waals surface area contributed by atoms with Gasteiger partial charge in [0.1, 0.15) is 6.07 Å². The molecule has 0 saturated heterocycles. The van der Waals surface area contributed by atoms with Crippen LogP contribution in [0.3, 0.4) is 0 Å². The van der Waals surface area contributed by atoms with Gasteiger partial charge >= 0.3 is 0 Å². The number of hydrogen-bond donors (Lipinski definition) is 0. The van der Waals surface area contributed by atoms with Crippen molar-refractivity contribution in [3.8, 4) is 6.07 Å². The van der Waals surface area contributed by atoms with Crippen molar-refractivity contribution in [3.63, 3.8) is 0 Å². The zero-order valence-corrected chi connectivity index (χ0v) is 9.48. The van der Waals surface area contributed by atoms with Crippen LogP contribution < -0.4 is 0 Å². The van der Waals surface area contributed by atoms with Gasteiger partial charge in [-0.05, 0) is 15.9 Å². The van der Waals surface area contributed by atoms with Gasteiger partial charge in [-0.15, -0.1) is 0 Å². The molecule has 1 rings (SSSR count). The predicted octanol–water partition coefficient (Wildman–Crippen LogP) is 1.94. The lowest BCUT2D eigenvalue weighted by Crippen LogP contribution is -2.07. The second-order valence-corrected chi connectivity index (χ2v) is 3.70. The quantitative estimate of drug-likeness (QED) is 0.597. The highest BCUT2D eigenvalue weighted by Crippen LogP contribution is 2.18. The monoisotopic (exact) mass is 252 g/mol. The van der Waals surface area contributed by atoms with Crippen LogP contribution in [0.15, 0.2) is 21.7 Å². The molecule has 0 saturated carbocycles. The lowest BCUT2D eigenvalue weighted by Gasteiger charge is -2.02. The van der Waals surface area contributed by atoms with E-state index in [0.717, 1.165) is 0 Å². The Morgan fingerprint density at radius 2 is 2.36 bits per heavy atom. The number of aromatic nitrogens is 1. The van der Waals surface area contributed by atoms with Crippen LogP contribution >= 0.6 is 15.9 Å². The van der Waals surface area contributed by atoms with E-state index >= 15 is 0 Å². The highest BCUT2D eigenvalue weighted by Gasteiger charge is 2.00. The fraction of sp³-hybridized carbons (Fsp3) is 0.222. The first kappa shape index (κ1) is 10.7. The molecule has 0 fully saturated rings. The second-order valence-electron chi connectivity index (χ2n) is 2.84. The molecule has 14 heavy (non-hydrogen) atoms. The molecule has 72 valence electrons. The van der Waals surface area contributed by atoms with E-state index in [9.17, 15) is 0 Å². The largest absolute Gasteiger partial charge is 0.369 e. The highest BCUT2D eigenvalue weighted by atomic mass is 79.9. The van der Waals surface area contributed by atoms with Crippen LogP contribution in [0.25, 0.3) is 0 Å². The van der Waals surface area contributed by atoms with Crippen molar-refractivity contribution in [2.75, 3.05) is 14.1 Å². The lowest BCUT2D eigenvalue weighted by molar-refractivity contribution is 0.643. The van der Waals surface area contributed by atoms with Gasteiger partial charge in [-0.3, -0.25) is 0 Å². The van der Waals surface area contributed by atoms with Crippen LogP contribution in [-0.2, 0) is 0 Å². The summed E-state index contributed by atoms with van der Waals surface area (Å²) in [6.45, 7) is 0. The summed E-state index contributed by atoms with van der Waals surface area (Å²) in [5.41, 5.74) is 0.533. The van der Waals surface area contributed by atoms with Crippen molar-refractivity contribution >= 4 is 28.1 Å². The molecule has 0 aliphatic rings. The molecule has 0 spiro atoms. The maximum Gasteiger partial charge on any atom is 0.154 e. The molecule has 1 heterocycles. The summed E-state index contributed by atoms with van der Waals surface area (Å²) in [6, 6.07) is 3.68. The Morgan fingerprint density at radius 3 is 2.93 bits per heavy atom. The minimum atomic E-state index is 0.526. The van der Waals surface area contributed by atoms with E-state index in [-0.39, 0.29) is 0 Å². The minimum Gasteiger partial charge on any atom is -0.369 e.